The summed E-state index contributed by atoms with van der Waals surface area (Å²) >= 11 is 0. The molecule has 0 aromatic heterocycles. The van der Waals surface area contributed by atoms with Crippen LogP contribution in [0.15, 0.2) is 0 Å². The number of aliphatic carboxylic acids is 1. The number of amides is 1. The van der Waals surface area contributed by atoms with E-state index < -0.39 is 5.97 Å². The molecule has 0 rings (SSSR count). The minimum Gasteiger partial charge on any atom is -0.481 e. The molecule has 0 fully saturated rings. The molecular formula is C13H25NO3. The molecule has 100 valence electrons. The fourth-order valence-electron chi connectivity index (χ4n) is 2.10. The first-order valence-electron chi connectivity index (χ1n) is 6.40. The Balaban J connectivity index is 4.40. The van der Waals surface area contributed by atoms with Crippen LogP contribution in [-0.4, -0.2) is 35.0 Å². The summed E-state index contributed by atoms with van der Waals surface area (Å²) in [6.07, 6.45) is 1.23. The molecular weight excluding hydrogens is 218 g/mol. The Morgan fingerprint density at radius 2 is 1.65 bits per heavy atom. The van der Waals surface area contributed by atoms with Crippen LogP contribution >= 0.6 is 0 Å². The highest BCUT2D eigenvalue weighted by Crippen LogP contribution is 2.20. The predicted octanol–water partition coefficient (Wildman–Crippen LogP) is 2.38. The van der Waals surface area contributed by atoms with E-state index in [1.807, 2.05) is 13.8 Å². The number of nitrogens with zero attached hydrogens (tertiary/aromatic N) is 1. The number of carbonyl (C=O) groups is 2. The van der Waals surface area contributed by atoms with E-state index in [1.54, 1.807) is 4.90 Å². The molecule has 0 aliphatic rings. The molecule has 1 amide bonds. The Kier molecular flexibility index (Phi) is 7.59. The Hall–Kier alpha value is -1.06. The van der Waals surface area contributed by atoms with Gasteiger partial charge >= 0.3 is 5.97 Å². The lowest BCUT2D eigenvalue weighted by Crippen LogP contribution is -2.32. The second kappa shape index (κ2) is 8.09. The van der Waals surface area contributed by atoms with E-state index in [-0.39, 0.29) is 18.2 Å². The molecule has 4 nitrogen and oxygen atoms in total. The Labute approximate surface area is 104 Å². The molecule has 0 spiro atoms. The minimum absolute atomic E-state index is 0.0411. The first-order chi connectivity index (χ1) is 7.90. The lowest BCUT2D eigenvalue weighted by Gasteiger charge is -2.23. The van der Waals surface area contributed by atoms with E-state index in [1.165, 1.54) is 0 Å². The summed E-state index contributed by atoms with van der Waals surface area (Å²) in [5, 5.41) is 8.84. The molecule has 0 aliphatic carbocycles. The standard InChI is InChI=1S/C13H25NO3/c1-5-14(6-2)12(15)8-11(7-10(3)4)9-13(16)17/h10-11H,5-9H2,1-4H3,(H,16,17). The van der Waals surface area contributed by atoms with Gasteiger partial charge in [0.05, 0.1) is 0 Å². The molecule has 0 saturated carbocycles. The normalized spacial score (nSPS) is 12.5. The monoisotopic (exact) mass is 243 g/mol. The number of carboxylic acids is 1. The molecule has 1 unspecified atom stereocenters. The minimum atomic E-state index is -0.817. The zero-order valence-electron chi connectivity index (χ0n) is 11.4. The highest BCUT2D eigenvalue weighted by Gasteiger charge is 2.20. The molecule has 0 aromatic rings. The lowest BCUT2D eigenvalue weighted by molar-refractivity contribution is -0.139. The molecule has 0 radical (unpaired) electrons. The third kappa shape index (κ3) is 6.97. The van der Waals surface area contributed by atoms with Crippen LogP contribution in [0.1, 0.15) is 47.0 Å². The summed E-state index contributed by atoms with van der Waals surface area (Å²) in [6, 6.07) is 0. The number of hydrogen-bond donors (Lipinski definition) is 1. The molecule has 1 N–H and O–H groups in total. The van der Waals surface area contributed by atoms with Gasteiger partial charge in [-0.1, -0.05) is 13.8 Å². The summed E-state index contributed by atoms with van der Waals surface area (Å²) in [4.78, 5) is 24.4. The van der Waals surface area contributed by atoms with Crippen molar-refractivity contribution in [1.29, 1.82) is 0 Å². The van der Waals surface area contributed by atoms with Gasteiger partial charge < -0.3 is 10.0 Å². The van der Waals surface area contributed by atoms with E-state index in [0.717, 1.165) is 6.42 Å². The molecule has 0 aliphatic heterocycles. The summed E-state index contributed by atoms with van der Waals surface area (Å²) < 4.78 is 0. The molecule has 0 saturated heterocycles. The SMILES string of the molecule is CCN(CC)C(=O)CC(CC(=O)O)CC(C)C. The fourth-order valence-corrected chi connectivity index (χ4v) is 2.10. The molecule has 0 heterocycles. The Morgan fingerprint density at radius 1 is 1.12 bits per heavy atom. The van der Waals surface area contributed by atoms with Crippen molar-refractivity contribution < 1.29 is 14.7 Å². The lowest BCUT2D eigenvalue weighted by atomic mass is 9.91. The van der Waals surface area contributed by atoms with Gasteiger partial charge in [-0.3, -0.25) is 9.59 Å². The fraction of sp³-hybridized carbons (Fsp3) is 0.846. The van der Waals surface area contributed by atoms with Gasteiger partial charge in [0.25, 0.3) is 0 Å². The maximum Gasteiger partial charge on any atom is 0.303 e. The molecule has 0 aromatic carbocycles. The zero-order valence-corrected chi connectivity index (χ0v) is 11.4. The predicted molar refractivity (Wildman–Crippen MR) is 67.7 cm³/mol. The van der Waals surface area contributed by atoms with E-state index in [0.29, 0.717) is 25.4 Å². The number of carboxylic acid groups (broad SMARTS) is 1. The van der Waals surface area contributed by atoms with Crippen molar-refractivity contribution in [3.8, 4) is 0 Å². The van der Waals surface area contributed by atoms with Crippen LogP contribution in [0, 0.1) is 11.8 Å². The van der Waals surface area contributed by atoms with Gasteiger partial charge in [-0.25, -0.2) is 0 Å². The first-order valence-corrected chi connectivity index (χ1v) is 6.40. The summed E-state index contributed by atoms with van der Waals surface area (Å²) in [6.45, 7) is 9.37. The maximum absolute atomic E-state index is 11.9. The van der Waals surface area contributed by atoms with Crippen LogP contribution in [-0.2, 0) is 9.59 Å². The summed E-state index contributed by atoms with van der Waals surface area (Å²) in [7, 11) is 0. The third-order valence-corrected chi connectivity index (χ3v) is 2.85. The van der Waals surface area contributed by atoms with Crippen LogP contribution in [0.5, 0.6) is 0 Å². The van der Waals surface area contributed by atoms with Gasteiger partial charge in [0.1, 0.15) is 0 Å². The largest absolute Gasteiger partial charge is 0.481 e. The van der Waals surface area contributed by atoms with Crippen molar-refractivity contribution in [3.63, 3.8) is 0 Å². The van der Waals surface area contributed by atoms with Gasteiger partial charge in [-0.05, 0) is 32.1 Å². The van der Waals surface area contributed by atoms with Crippen LogP contribution in [0.4, 0.5) is 0 Å². The molecule has 4 heteroatoms. The number of rotatable bonds is 8. The van der Waals surface area contributed by atoms with Gasteiger partial charge in [0.2, 0.25) is 5.91 Å². The van der Waals surface area contributed by atoms with Crippen molar-refractivity contribution in [2.24, 2.45) is 11.8 Å². The van der Waals surface area contributed by atoms with Gasteiger partial charge in [-0.2, -0.15) is 0 Å². The van der Waals surface area contributed by atoms with Gasteiger partial charge in [0.15, 0.2) is 0 Å². The van der Waals surface area contributed by atoms with Gasteiger partial charge in [-0.15, -0.1) is 0 Å². The second-order valence-corrected chi connectivity index (χ2v) is 4.86. The van der Waals surface area contributed by atoms with E-state index in [2.05, 4.69) is 13.8 Å². The van der Waals surface area contributed by atoms with Crippen LogP contribution < -0.4 is 0 Å². The smallest absolute Gasteiger partial charge is 0.303 e. The van der Waals surface area contributed by atoms with Crippen LogP contribution in [0.2, 0.25) is 0 Å². The number of hydrogen-bond acceptors (Lipinski definition) is 2. The quantitative estimate of drug-likeness (QED) is 0.712. The van der Waals surface area contributed by atoms with Crippen molar-refractivity contribution >= 4 is 11.9 Å². The van der Waals surface area contributed by atoms with E-state index >= 15 is 0 Å². The average Bonchev–Trinajstić information content (AvgIpc) is 2.16. The van der Waals surface area contributed by atoms with Crippen LogP contribution in [0.3, 0.4) is 0 Å². The second-order valence-electron chi connectivity index (χ2n) is 4.86. The molecule has 0 bridgehead atoms. The van der Waals surface area contributed by atoms with E-state index in [4.69, 9.17) is 5.11 Å². The van der Waals surface area contributed by atoms with Gasteiger partial charge in [0, 0.05) is 25.9 Å². The Morgan fingerprint density at radius 3 is 2.00 bits per heavy atom. The first kappa shape index (κ1) is 15.9. The number of carbonyl (C=O) groups excluding carboxylic acids is 1. The van der Waals surface area contributed by atoms with E-state index in [9.17, 15) is 9.59 Å². The third-order valence-electron chi connectivity index (χ3n) is 2.85. The van der Waals surface area contributed by atoms with Crippen molar-refractivity contribution in [3.05, 3.63) is 0 Å². The van der Waals surface area contributed by atoms with Crippen molar-refractivity contribution in [1.82, 2.24) is 4.90 Å². The van der Waals surface area contributed by atoms with Crippen molar-refractivity contribution in [2.45, 2.75) is 47.0 Å². The highest BCUT2D eigenvalue weighted by molar-refractivity contribution is 5.77. The van der Waals surface area contributed by atoms with Crippen LogP contribution in [0.25, 0.3) is 0 Å². The molecule has 1 atom stereocenters. The topological polar surface area (TPSA) is 57.6 Å². The zero-order chi connectivity index (χ0) is 13.4. The average molecular weight is 243 g/mol. The highest BCUT2D eigenvalue weighted by atomic mass is 16.4. The maximum atomic E-state index is 11.9. The van der Waals surface area contributed by atoms with Crippen molar-refractivity contribution in [2.75, 3.05) is 13.1 Å². The molecule has 17 heavy (non-hydrogen) atoms. The summed E-state index contributed by atoms with van der Waals surface area (Å²) in [5.41, 5.74) is 0. The summed E-state index contributed by atoms with van der Waals surface area (Å²) in [5.74, 6) is -0.366. The Bertz CT molecular complexity index is 247.